The zero-order valence-electron chi connectivity index (χ0n) is 27.7. The van der Waals surface area contributed by atoms with Crippen molar-refractivity contribution < 1.29 is 0 Å². The van der Waals surface area contributed by atoms with Crippen LogP contribution in [-0.4, -0.2) is 0 Å². The number of thiophene rings is 1. The van der Waals surface area contributed by atoms with Crippen LogP contribution in [0.5, 0.6) is 0 Å². The molecular formula is C50H30S. The van der Waals surface area contributed by atoms with Gasteiger partial charge >= 0.3 is 0 Å². The van der Waals surface area contributed by atoms with E-state index in [4.69, 9.17) is 0 Å². The van der Waals surface area contributed by atoms with Crippen molar-refractivity contribution in [2.24, 2.45) is 0 Å². The predicted octanol–water partition coefficient (Wildman–Crippen LogP) is 14.8. The molecule has 0 atom stereocenters. The zero-order chi connectivity index (χ0) is 33.5. The van der Waals surface area contributed by atoms with E-state index in [1.807, 2.05) is 11.3 Å². The van der Waals surface area contributed by atoms with Gasteiger partial charge in [0.15, 0.2) is 0 Å². The van der Waals surface area contributed by atoms with E-state index in [2.05, 4.69) is 182 Å². The molecule has 0 N–H and O–H groups in total. The molecule has 0 fully saturated rings. The number of benzene rings is 10. The molecule has 236 valence electrons. The summed E-state index contributed by atoms with van der Waals surface area (Å²) >= 11 is 1.94. The second-order valence-corrected chi connectivity index (χ2v) is 14.6. The molecule has 1 aromatic heterocycles. The molecule has 0 aliphatic rings. The van der Waals surface area contributed by atoms with Crippen LogP contribution in [0.4, 0.5) is 0 Å². The molecule has 0 saturated heterocycles. The highest BCUT2D eigenvalue weighted by Gasteiger charge is 2.18. The molecule has 0 bridgehead atoms. The minimum absolute atomic E-state index is 1.23. The van der Waals surface area contributed by atoms with E-state index in [0.717, 1.165) is 0 Å². The molecule has 11 aromatic rings. The molecule has 0 amide bonds. The predicted molar refractivity (Wildman–Crippen MR) is 223 cm³/mol. The van der Waals surface area contributed by atoms with Crippen molar-refractivity contribution >= 4 is 85.4 Å². The molecule has 10 aromatic carbocycles. The van der Waals surface area contributed by atoms with Crippen molar-refractivity contribution in [3.8, 4) is 33.4 Å². The molecule has 1 heterocycles. The van der Waals surface area contributed by atoms with E-state index in [-0.39, 0.29) is 0 Å². The van der Waals surface area contributed by atoms with E-state index in [0.29, 0.717) is 0 Å². The van der Waals surface area contributed by atoms with Crippen LogP contribution in [0.15, 0.2) is 182 Å². The molecule has 0 aliphatic carbocycles. The first kappa shape index (κ1) is 28.5. The van der Waals surface area contributed by atoms with Crippen molar-refractivity contribution in [1.82, 2.24) is 0 Å². The van der Waals surface area contributed by atoms with Crippen LogP contribution in [0.3, 0.4) is 0 Å². The maximum atomic E-state index is 2.42. The first-order valence-electron chi connectivity index (χ1n) is 17.6. The molecule has 1 heteroatoms. The summed E-state index contributed by atoms with van der Waals surface area (Å²) in [4.78, 5) is 0. The maximum absolute atomic E-state index is 2.42. The lowest BCUT2D eigenvalue weighted by molar-refractivity contribution is 1.63. The van der Waals surface area contributed by atoms with Crippen LogP contribution < -0.4 is 0 Å². The van der Waals surface area contributed by atoms with Crippen LogP contribution in [0.2, 0.25) is 0 Å². The Labute approximate surface area is 299 Å². The highest BCUT2D eigenvalue weighted by molar-refractivity contribution is 7.27. The quantitative estimate of drug-likeness (QED) is 0.130. The normalized spacial score (nSPS) is 11.9. The summed E-state index contributed by atoms with van der Waals surface area (Å²) in [5.74, 6) is 0. The molecule has 11 rings (SSSR count). The minimum Gasteiger partial charge on any atom is -0.134 e. The SMILES string of the molecule is c1ccc(-c2c3ccccc3c(-c3cccc(-c4ccc5ccc6c(sc7c8ccccc8c8ccccc8c67)c5c4)c3)c3ccccc23)cc1. The van der Waals surface area contributed by atoms with Crippen LogP contribution >= 0.6 is 11.3 Å². The van der Waals surface area contributed by atoms with Gasteiger partial charge in [0.05, 0.1) is 0 Å². The number of hydrogen-bond donors (Lipinski definition) is 0. The summed E-state index contributed by atoms with van der Waals surface area (Å²) in [6.07, 6.45) is 0. The number of rotatable bonds is 3. The molecule has 0 radical (unpaired) electrons. The molecule has 51 heavy (non-hydrogen) atoms. The first-order chi connectivity index (χ1) is 25.3. The third-order valence-electron chi connectivity index (χ3n) is 10.8. The second-order valence-electron chi connectivity index (χ2n) is 13.6. The Balaban J connectivity index is 1.14. The van der Waals surface area contributed by atoms with Crippen molar-refractivity contribution in [1.29, 1.82) is 0 Å². The molecular weight excluding hydrogens is 633 g/mol. The minimum atomic E-state index is 1.23. The topological polar surface area (TPSA) is 0 Å². The highest BCUT2D eigenvalue weighted by atomic mass is 32.1. The Hall–Kier alpha value is -6.28. The Morgan fingerprint density at radius 3 is 1.43 bits per heavy atom. The summed E-state index contributed by atoms with van der Waals surface area (Å²) in [6, 6.07) is 67.3. The first-order valence-corrected chi connectivity index (χ1v) is 18.4. The fourth-order valence-electron chi connectivity index (χ4n) is 8.57. The van der Waals surface area contributed by atoms with Crippen LogP contribution in [0.1, 0.15) is 0 Å². The molecule has 0 saturated carbocycles. The number of fused-ring (bicyclic) bond motifs is 12. The lowest BCUT2D eigenvalue weighted by atomic mass is 9.85. The van der Waals surface area contributed by atoms with Gasteiger partial charge in [-0.2, -0.15) is 0 Å². The van der Waals surface area contributed by atoms with Gasteiger partial charge in [-0.3, -0.25) is 0 Å². The standard InChI is InChI=1S/C50H30S/c1-2-13-32(14-3-1)46-39-20-7-9-22-41(39)47(42-23-10-8-21-40(42)46)35-16-12-15-33(29-35)34-26-25-31-27-28-44-48-38-19-6-4-17-36(38)37-18-5-11-24-43(37)50(48)51-49(44)45(31)30-34/h1-30H. The van der Waals surface area contributed by atoms with E-state index < -0.39 is 0 Å². The highest BCUT2D eigenvalue weighted by Crippen LogP contribution is 2.47. The van der Waals surface area contributed by atoms with Gasteiger partial charge in [-0.05, 0) is 88.6 Å². The van der Waals surface area contributed by atoms with Gasteiger partial charge in [-0.25, -0.2) is 0 Å². The molecule has 0 nitrogen and oxygen atoms in total. The summed E-state index contributed by atoms with van der Waals surface area (Å²) in [6.45, 7) is 0. The third-order valence-corrected chi connectivity index (χ3v) is 12.1. The van der Waals surface area contributed by atoms with Gasteiger partial charge in [-0.1, -0.05) is 170 Å². The molecule has 0 spiro atoms. The lowest BCUT2D eigenvalue weighted by Gasteiger charge is -2.18. The van der Waals surface area contributed by atoms with Crippen molar-refractivity contribution in [2.75, 3.05) is 0 Å². The summed E-state index contributed by atoms with van der Waals surface area (Å²) in [5, 5.41) is 15.7. The van der Waals surface area contributed by atoms with Gasteiger partial charge in [-0.15, -0.1) is 11.3 Å². The van der Waals surface area contributed by atoms with Crippen molar-refractivity contribution in [2.45, 2.75) is 0 Å². The van der Waals surface area contributed by atoms with E-state index in [1.54, 1.807) is 0 Å². The Morgan fingerprint density at radius 2 is 0.745 bits per heavy atom. The molecule has 0 aliphatic heterocycles. The van der Waals surface area contributed by atoms with Crippen LogP contribution in [0.25, 0.3) is 107 Å². The van der Waals surface area contributed by atoms with Gasteiger partial charge in [0.2, 0.25) is 0 Å². The largest absolute Gasteiger partial charge is 0.134 e. The average molecular weight is 663 g/mol. The van der Waals surface area contributed by atoms with Gasteiger partial charge in [0.1, 0.15) is 0 Å². The van der Waals surface area contributed by atoms with Crippen LogP contribution in [-0.2, 0) is 0 Å². The fourth-order valence-corrected chi connectivity index (χ4v) is 9.95. The van der Waals surface area contributed by atoms with E-state index in [1.165, 1.54) is 107 Å². The Kier molecular flexibility index (Phi) is 6.22. The Morgan fingerprint density at radius 1 is 0.255 bits per heavy atom. The number of hydrogen-bond acceptors (Lipinski definition) is 1. The Bertz CT molecular complexity index is 3130. The smallest absolute Gasteiger partial charge is 0.0440 e. The average Bonchev–Trinajstić information content (AvgIpc) is 3.61. The van der Waals surface area contributed by atoms with E-state index >= 15 is 0 Å². The third kappa shape index (κ3) is 4.26. The monoisotopic (exact) mass is 662 g/mol. The summed E-state index contributed by atoms with van der Waals surface area (Å²) in [7, 11) is 0. The van der Waals surface area contributed by atoms with E-state index in [9.17, 15) is 0 Å². The lowest BCUT2D eigenvalue weighted by Crippen LogP contribution is -1.91. The van der Waals surface area contributed by atoms with Gasteiger partial charge in [0.25, 0.3) is 0 Å². The van der Waals surface area contributed by atoms with Crippen LogP contribution in [0, 0.1) is 0 Å². The molecule has 0 unspecified atom stereocenters. The van der Waals surface area contributed by atoms with Crippen molar-refractivity contribution in [3.63, 3.8) is 0 Å². The van der Waals surface area contributed by atoms with Gasteiger partial charge < -0.3 is 0 Å². The summed E-state index contributed by atoms with van der Waals surface area (Å²) in [5.41, 5.74) is 7.52. The zero-order valence-corrected chi connectivity index (χ0v) is 28.5. The second kappa shape index (κ2) is 11.1. The van der Waals surface area contributed by atoms with Crippen molar-refractivity contribution in [3.05, 3.63) is 182 Å². The van der Waals surface area contributed by atoms with Gasteiger partial charge in [0, 0.05) is 30.9 Å². The fraction of sp³-hybridized carbons (Fsp3) is 0. The maximum Gasteiger partial charge on any atom is 0.0440 e. The summed E-state index contributed by atoms with van der Waals surface area (Å²) < 4.78 is 2.73.